The van der Waals surface area contributed by atoms with Gasteiger partial charge in [0, 0.05) is 48.4 Å². The third kappa shape index (κ3) is 3.25. The van der Waals surface area contributed by atoms with Gasteiger partial charge in [-0.15, -0.1) is 0 Å². The van der Waals surface area contributed by atoms with Gasteiger partial charge in [-0.3, -0.25) is 14.5 Å². The van der Waals surface area contributed by atoms with E-state index in [-0.39, 0.29) is 18.3 Å². The molecule has 1 aromatic carbocycles. The van der Waals surface area contributed by atoms with Gasteiger partial charge < -0.3 is 15.1 Å². The molecule has 0 saturated heterocycles. The second-order valence-corrected chi connectivity index (χ2v) is 6.80. The highest BCUT2D eigenvalue weighted by atomic mass is 16.3. The summed E-state index contributed by atoms with van der Waals surface area (Å²) < 4.78 is 1.92. The molecule has 7 nitrogen and oxygen atoms in total. The van der Waals surface area contributed by atoms with E-state index in [0.29, 0.717) is 30.0 Å². The summed E-state index contributed by atoms with van der Waals surface area (Å²) in [7, 11) is 0. The van der Waals surface area contributed by atoms with E-state index in [1.165, 1.54) is 6.20 Å². The van der Waals surface area contributed by atoms with Gasteiger partial charge in [0.15, 0.2) is 0 Å². The smallest absolute Gasteiger partial charge is 0.254 e. The number of fused-ring (bicyclic) bond motifs is 1. The van der Waals surface area contributed by atoms with Crippen molar-refractivity contribution in [1.82, 2.24) is 19.7 Å². The van der Waals surface area contributed by atoms with Crippen LogP contribution in [0.5, 0.6) is 5.75 Å². The van der Waals surface area contributed by atoms with Crippen LogP contribution in [-0.4, -0.2) is 42.3 Å². The maximum Gasteiger partial charge on any atom is 0.254 e. The number of hydrogen-bond acceptors (Lipinski definition) is 5. The quantitative estimate of drug-likeness (QED) is 0.727. The van der Waals surface area contributed by atoms with Crippen LogP contribution in [0.15, 0.2) is 42.6 Å². The Morgan fingerprint density at radius 1 is 1.25 bits per heavy atom. The highest BCUT2D eigenvalue weighted by Gasteiger charge is 2.27. The van der Waals surface area contributed by atoms with Crippen LogP contribution in [0.3, 0.4) is 0 Å². The SMILES string of the molecule is CCn1nc(CO)c2c1CCN(C(=O)c1cccc(-c3ccc(O)cn3)c1)C2. The van der Waals surface area contributed by atoms with Crippen LogP contribution >= 0.6 is 0 Å². The van der Waals surface area contributed by atoms with Gasteiger partial charge in [0.05, 0.1) is 24.2 Å². The second kappa shape index (κ2) is 7.44. The molecule has 0 spiro atoms. The van der Waals surface area contributed by atoms with E-state index >= 15 is 0 Å². The molecule has 1 aliphatic rings. The monoisotopic (exact) mass is 378 g/mol. The van der Waals surface area contributed by atoms with Crippen LogP contribution in [0.2, 0.25) is 0 Å². The first kappa shape index (κ1) is 18.2. The fourth-order valence-corrected chi connectivity index (χ4v) is 3.67. The molecule has 3 aromatic rings. The first-order valence-corrected chi connectivity index (χ1v) is 9.33. The van der Waals surface area contributed by atoms with Gasteiger partial charge in [0.1, 0.15) is 5.75 Å². The first-order valence-electron chi connectivity index (χ1n) is 9.33. The largest absolute Gasteiger partial charge is 0.506 e. The Labute approximate surface area is 162 Å². The molecular weight excluding hydrogens is 356 g/mol. The van der Waals surface area contributed by atoms with E-state index in [1.807, 2.05) is 29.8 Å². The van der Waals surface area contributed by atoms with Crippen molar-refractivity contribution < 1.29 is 15.0 Å². The van der Waals surface area contributed by atoms with Gasteiger partial charge >= 0.3 is 0 Å². The topological polar surface area (TPSA) is 91.5 Å². The number of aromatic hydroxyl groups is 1. The van der Waals surface area contributed by atoms with Crippen molar-refractivity contribution in [1.29, 1.82) is 0 Å². The molecule has 4 rings (SSSR count). The molecular formula is C21H22N4O3. The predicted molar refractivity (Wildman–Crippen MR) is 104 cm³/mol. The molecule has 7 heteroatoms. The molecule has 2 aromatic heterocycles. The van der Waals surface area contributed by atoms with Crippen LogP contribution in [-0.2, 0) is 26.1 Å². The van der Waals surface area contributed by atoms with E-state index in [2.05, 4.69) is 10.1 Å². The number of aliphatic hydroxyl groups excluding tert-OH is 1. The van der Waals surface area contributed by atoms with Crippen molar-refractivity contribution in [2.75, 3.05) is 6.54 Å². The van der Waals surface area contributed by atoms with Crippen LogP contribution in [0.1, 0.15) is 34.2 Å². The number of rotatable bonds is 4. The van der Waals surface area contributed by atoms with E-state index in [1.54, 1.807) is 23.1 Å². The average Bonchev–Trinajstić information content (AvgIpc) is 3.11. The molecule has 0 atom stereocenters. The summed E-state index contributed by atoms with van der Waals surface area (Å²) in [5.41, 5.74) is 4.82. The summed E-state index contributed by atoms with van der Waals surface area (Å²) in [5.74, 6) is 0.0480. The first-order chi connectivity index (χ1) is 13.6. The molecule has 3 heterocycles. The molecule has 1 amide bonds. The van der Waals surface area contributed by atoms with Crippen molar-refractivity contribution in [3.8, 4) is 17.0 Å². The van der Waals surface area contributed by atoms with Gasteiger partial charge in [-0.2, -0.15) is 5.10 Å². The van der Waals surface area contributed by atoms with Crippen molar-refractivity contribution in [3.05, 3.63) is 65.1 Å². The summed E-state index contributed by atoms with van der Waals surface area (Å²) in [5, 5.41) is 23.5. The lowest BCUT2D eigenvalue weighted by molar-refractivity contribution is 0.0732. The van der Waals surface area contributed by atoms with Crippen molar-refractivity contribution in [2.45, 2.75) is 33.0 Å². The summed E-state index contributed by atoms with van der Waals surface area (Å²) >= 11 is 0. The minimum atomic E-state index is -0.126. The lowest BCUT2D eigenvalue weighted by Crippen LogP contribution is -2.36. The number of nitrogens with zero attached hydrogens (tertiary/aromatic N) is 4. The fourth-order valence-electron chi connectivity index (χ4n) is 3.67. The number of pyridine rings is 1. The lowest BCUT2D eigenvalue weighted by atomic mass is 10.0. The van der Waals surface area contributed by atoms with Gasteiger partial charge in [-0.25, -0.2) is 0 Å². The number of carbonyl (C=O) groups is 1. The summed E-state index contributed by atoms with van der Waals surface area (Å²) in [4.78, 5) is 19.1. The third-order valence-corrected chi connectivity index (χ3v) is 5.11. The average molecular weight is 378 g/mol. The molecule has 0 bridgehead atoms. The predicted octanol–water partition coefficient (Wildman–Crippen LogP) is 2.36. The normalized spacial score (nSPS) is 13.4. The highest BCUT2D eigenvalue weighted by Crippen LogP contribution is 2.26. The Balaban J connectivity index is 1.60. The van der Waals surface area contributed by atoms with E-state index in [9.17, 15) is 15.0 Å². The maximum atomic E-state index is 13.1. The third-order valence-electron chi connectivity index (χ3n) is 5.11. The van der Waals surface area contributed by atoms with E-state index in [0.717, 1.165) is 29.8 Å². The number of aryl methyl sites for hydroxylation is 1. The Hall–Kier alpha value is -3.19. The van der Waals surface area contributed by atoms with Crippen LogP contribution in [0.4, 0.5) is 0 Å². The highest BCUT2D eigenvalue weighted by molar-refractivity contribution is 5.95. The zero-order chi connectivity index (χ0) is 19.7. The van der Waals surface area contributed by atoms with Crippen molar-refractivity contribution in [2.24, 2.45) is 0 Å². The Morgan fingerprint density at radius 2 is 2.11 bits per heavy atom. The second-order valence-electron chi connectivity index (χ2n) is 6.80. The molecule has 0 aliphatic carbocycles. The number of amides is 1. The molecule has 0 saturated carbocycles. The molecule has 144 valence electrons. The van der Waals surface area contributed by atoms with Gasteiger partial charge in [0.25, 0.3) is 5.91 Å². The van der Waals surface area contributed by atoms with Gasteiger partial charge in [-0.05, 0) is 31.2 Å². The standard InChI is InChI=1S/C21H22N4O3/c1-2-25-20-8-9-24(12-17(20)19(13-26)23-25)21(28)15-5-3-4-14(10-15)18-7-6-16(27)11-22-18/h3-7,10-11,26-27H,2,8-9,12-13H2,1H3. The minimum Gasteiger partial charge on any atom is -0.506 e. The van der Waals surface area contributed by atoms with Gasteiger partial charge in [0.2, 0.25) is 0 Å². The van der Waals surface area contributed by atoms with Crippen LogP contribution < -0.4 is 0 Å². The summed E-state index contributed by atoms with van der Waals surface area (Å²) in [6.07, 6.45) is 2.11. The van der Waals surface area contributed by atoms with Crippen molar-refractivity contribution in [3.63, 3.8) is 0 Å². The van der Waals surface area contributed by atoms with E-state index < -0.39 is 0 Å². The molecule has 0 unspecified atom stereocenters. The Bertz CT molecular complexity index is 1010. The van der Waals surface area contributed by atoms with Crippen LogP contribution in [0.25, 0.3) is 11.3 Å². The molecule has 1 aliphatic heterocycles. The number of benzene rings is 1. The fraction of sp³-hybridized carbons (Fsp3) is 0.286. The number of hydrogen-bond donors (Lipinski definition) is 2. The molecule has 2 N–H and O–H groups in total. The Kier molecular flexibility index (Phi) is 4.83. The lowest BCUT2D eigenvalue weighted by Gasteiger charge is -2.28. The maximum absolute atomic E-state index is 13.1. The zero-order valence-corrected chi connectivity index (χ0v) is 15.7. The molecule has 0 radical (unpaired) electrons. The van der Waals surface area contributed by atoms with Gasteiger partial charge in [-0.1, -0.05) is 12.1 Å². The zero-order valence-electron chi connectivity index (χ0n) is 15.7. The summed E-state index contributed by atoms with van der Waals surface area (Å²) in [6, 6.07) is 10.6. The summed E-state index contributed by atoms with van der Waals surface area (Å²) in [6.45, 7) is 3.71. The molecule has 28 heavy (non-hydrogen) atoms. The molecule has 0 fully saturated rings. The Morgan fingerprint density at radius 3 is 2.82 bits per heavy atom. The number of aromatic nitrogens is 3. The van der Waals surface area contributed by atoms with E-state index in [4.69, 9.17) is 0 Å². The minimum absolute atomic E-state index is 0.0561. The van der Waals surface area contributed by atoms with Crippen molar-refractivity contribution >= 4 is 5.91 Å². The number of aliphatic hydroxyl groups is 1. The van der Waals surface area contributed by atoms with Crippen LogP contribution in [0, 0.1) is 0 Å². The number of carbonyl (C=O) groups excluding carboxylic acids is 1.